The molecule has 0 aliphatic rings. The Bertz CT molecular complexity index is 593. The lowest BCUT2D eigenvalue weighted by Crippen LogP contribution is -2.17. The van der Waals surface area contributed by atoms with Crippen LogP contribution in [-0.2, 0) is 6.54 Å². The normalized spacial score (nSPS) is 11.4. The van der Waals surface area contributed by atoms with Gasteiger partial charge in [0.1, 0.15) is 11.6 Å². The summed E-state index contributed by atoms with van der Waals surface area (Å²) < 4.78 is 53.5. The highest BCUT2D eigenvalue weighted by atomic mass is 19.4. The number of ether oxygens (including phenoxy) is 1. The molecule has 0 heterocycles. The van der Waals surface area contributed by atoms with Gasteiger partial charge in [0.2, 0.25) is 0 Å². The molecule has 0 unspecified atom stereocenters. The molecular weight excluding hydrogens is 274 g/mol. The second kappa shape index (κ2) is 5.50. The van der Waals surface area contributed by atoms with E-state index in [-0.39, 0.29) is 12.3 Å². The van der Waals surface area contributed by atoms with E-state index in [1.807, 2.05) is 0 Å². The van der Waals surface area contributed by atoms with E-state index < -0.39 is 12.2 Å². The van der Waals surface area contributed by atoms with Crippen LogP contribution in [0.1, 0.15) is 5.56 Å². The van der Waals surface area contributed by atoms with Crippen molar-refractivity contribution in [3.05, 3.63) is 53.8 Å². The molecule has 0 spiro atoms. The summed E-state index contributed by atoms with van der Waals surface area (Å²) >= 11 is 0. The molecule has 0 aliphatic carbocycles. The fourth-order valence-electron chi connectivity index (χ4n) is 1.78. The fourth-order valence-corrected chi connectivity index (χ4v) is 1.78. The van der Waals surface area contributed by atoms with E-state index in [4.69, 9.17) is 5.73 Å². The van der Waals surface area contributed by atoms with Gasteiger partial charge in [0, 0.05) is 6.54 Å². The van der Waals surface area contributed by atoms with Crippen molar-refractivity contribution in [1.29, 1.82) is 0 Å². The van der Waals surface area contributed by atoms with Gasteiger partial charge < -0.3 is 10.5 Å². The maximum Gasteiger partial charge on any atom is 0.573 e. The Morgan fingerprint density at radius 3 is 2.15 bits per heavy atom. The molecule has 0 aromatic heterocycles. The van der Waals surface area contributed by atoms with Crippen molar-refractivity contribution in [1.82, 2.24) is 0 Å². The zero-order valence-corrected chi connectivity index (χ0v) is 10.2. The molecule has 0 amide bonds. The van der Waals surface area contributed by atoms with Crippen LogP contribution in [0.2, 0.25) is 0 Å². The molecular formula is C14H11F4NO. The first kappa shape index (κ1) is 14.3. The van der Waals surface area contributed by atoms with Crippen molar-refractivity contribution in [2.45, 2.75) is 12.9 Å². The monoisotopic (exact) mass is 285 g/mol. The van der Waals surface area contributed by atoms with Gasteiger partial charge in [0.25, 0.3) is 0 Å². The molecule has 106 valence electrons. The minimum Gasteiger partial charge on any atom is -0.406 e. The molecule has 2 N–H and O–H groups in total. The van der Waals surface area contributed by atoms with Crippen molar-refractivity contribution in [2.75, 3.05) is 0 Å². The lowest BCUT2D eigenvalue weighted by molar-refractivity contribution is -0.274. The summed E-state index contributed by atoms with van der Waals surface area (Å²) in [5, 5.41) is 0. The van der Waals surface area contributed by atoms with Crippen LogP contribution in [0.25, 0.3) is 11.1 Å². The minimum atomic E-state index is -4.77. The van der Waals surface area contributed by atoms with Crippen LogP contribution in [-0.4, -0.2) is 6.36 Å². The van der Waals surface area contributed by atoms with Crippen LogP contribution in [0.5, 0.6) is 5.75 Å². The van der Waals surface area contributed by atoms with Gasteiger partial charge in [-0.25, -0.2) is 4.39 Å². The predicted octanol–water partition coefficient (Wildman–Crippen LogP) is 3.85. The average Bonchev–Trinajstić information content (AvgIpc) is 2.37. The van der Waals surface area contributed by atoms with E-state index in [0.717, 1.165) is 0 Å². The molecule has 0 bridgehead atoms. The summed E-state index contributed by atoms with van der Waals surface area (Å²) in [4.78, 5) is 0. The number of hydrogen-bond acceptors (Lipinski definition) is 2. The lowest BCUT2D eigenvalue weighted by atomic mass is 10.0. The Morgan fingerprint density at radius 2 is 1.60 bits per heavy atom. The summed E-state index contributed by atoms with van der Waals surface area (Å²) in [6.07, 6.45) is -4.77. The Hall–Kier alpha value is -2.08. The summed E-state index contributed by atoms with van der Waals surface area (Å²) in [7, 11) is 0. The van der Waals surface area contributed by atoms with E-state index in [0.29, 0.717) is 16.7 Å². The molecule has 0 saturated carbocycles. The third-order valence-electron chi connectivity index (χ3n) is 2.61. The third kappa shape index (κ3) is 3.71. The standard InChI is InChI=1S/C14H11F4NO/c15-12-3-1-10(2-4-12)11-5-9(8-19)6-13(7-11)20-14(16,17)18/h1-7H,8,19H2. The summed E-state index contributed by atoms with van der Waals surface area (Å²) in [5.41, 5.74) is 7.00. The van der Waals surface area contributed by atoms with Crippen molar-refractivity contribution in [2.24, 2.45) is 5.73 Å². The Balaban J connectivity index is 2.42. The topological polar surface area (TPSA) is 35.2 Å². The van der Waals surface area contributed by atoms with Crippen LogP contribution < -0.4 is 10.5 Å². The Labute approximate surface area is 112 Å². The molecule has 0 saturated heterocycles. The summed E-state index contributed by atoms with van der Waals surface area (Å²) in [6.45, 7) is 0.0727. The largest absolute Gasteiger partial charge is 0.573 e. The van der Waals surface area contributed by atoms with E-state index in [9.17, 15) is 17.6 Å². The molecule has 6 heteroatoms. The van der Waals surface area contributed by atoms with Gasteiger partial charge in [0.15, 0.2) is 0 Å². The van der Waals surface area contributed by atoms with E-state index >= 15 is 0 Å². The molecule has 2 rings (SSSR count). The molecule has 0 aliphatic heterocycles. The third-order valence-corrected chi connectivity index (χ3v) is 2.61. The zero-order chi connectivity index (χ0) is 14.8. The maximum absolute atomic E-state index is 12.9. The highest BCUT2D eigenvalue weighted by Crippen LogP contribution is 2.29. The second-order valence-corrected chi connectivity index (χ2v) is 4.12. The second-order valence-electron chi connectivity index (χ2n) is 4.12. The number of alkyl halides is 3. The summed E-state index contributed by atoms with van der Waals surface area (Å²) in [5.74, 6) is -0.768. The maximum atomic E-state index is 12.9. The molecule has 0 radical (unpaired) electrons. The van der Waals surface area contributed by atoms with Gasteiger partial charge in [-0.3, -0.25) is 0 Å². The Kier molecular flexibility index (Phi) is 3.94. The highest BCUT2D eigenvalue weighted by molar-refractivity contribution is 5.66. The van der Waals surface area contributed by atoms with Gasteiger partial charge in [-0.05, 0) is 47.0 Å². The van der Waals surface area contributed by atoms with Crippen LogP contribution in [0.3, 0.4) is 0 Å². The number of rotatable bonds is 3. The first-order chi connectivity index (χ1) is 9.37. The average molecular weight is 285 g/mol. The minimum absolute atomic E-state index is 0.0727. The smallest absolute Gasteiger partial charge is 0.406 e. The first-order valence-corrected chi connectivity index (χ1v) is 5.73. The van der Waals surface area contributed by atoms with E-state index in [1.54, 1.807) is 6.07 Å². The van der Waals surface area contributed by atoms with Gasteiger partial charge in [0.05, 0.1) is 0 Å². The molecule has 2 nitrogen and oxygen atoms in total. The van der Waals surface area contributed by atoms with Gasteiger partial charge in [-0.1, -0.05) is 12.1 Å². The van der Waals surface area contributed by atoms with Crippen molar-refractivity contribution in [3.63, 3.8) is 0 Å². The van der Waals surface area contributed by atoms with Crippen LogP contribution in [0, 0.1) is 5.82 Å². The van der Waals surface area contributed by atoms with Crippen LogP contribution >= 0.6 is 0 Å². The van der Waals surface area contributed by atoms with E-state index in [2.05, 4.69) is 4.74 Å². The quantitative estimate of drug-likeness (QED) is 0.869. The van der Waals surface area contributed by atoms with Crippen molar-refractivity contribution < 1.29 is 22.3 Å². The molecule has 2 aromatic carbocycles. The van der Waals surface area contributed by atoms with Crippen LogP contribution in [0.4, 0.5) is 17.6 Å². The summed E-state index contributed by atoms with van der Waals surface area (Å²) in [6, 6.07) is 9.50. The Morgan fingerprint density at radius 1 is 0.950 bits per heavy atom. The van der Waals surface area contributed by atoms with Gasteiger partial charge >= 0.3 is 6.36 Å². The number of halogens is 4. The molecule has 0 fully saturated rings. The van der Waals surface area contributed by atoms with Gasteiger partial charge in [-0.2, -0.15) is 0 Å². The fraction of sp³-hybridized carbons (Fsp3) is 0.143. The predicted molar refractivity (Wildman–Crippen MR) is 66.4 cm³/mol. The van der Waals surface area contributed by atoms with Crippen molar-refractivity contribution >= 4 is 0 Å². The number of nitrogens with two attached hydrogens (primary N) is 1. The highest BCUT2D eigenvalue weighted by Gasteiger charge is 2.31. The molecule has 20 heavy (non-hydrogen) atoms. The first-order valence-electron chi connectivity index (χ1n) is 5.73. The SMILES string of the molecule is NCc1cc(OC(F)(F)F)cc(-c2ccc(F)cc2)c1. The molecule has 0 atom stereocenters. The van der Waals surface area contributed by atoms with Gasteiger partial charge in [-0.15, -0.1) is 13.2 Å². The van der Waals surface area contributed by atoms with Crippen LogP contribution in [0.15, 0.2) is 42.5 Å². The zero-order valence-electron chi connectivity index (χ0n) is 10.2. The van der Waals surface area contributed by atoms with E-state index in [1.165, 1.54) is 36.4 Å². The van der Waals surface area contributed by atoms with Crippen molar-refractivity contribution in [3.8, 4) is 16.9 Å². The molecule has 2 aromatic rings. The number of benzene rings is 2. The lowest BCUT2D eigenvalue weighted by Gasteiger charge is -2.12. The number of hydrogen-bond donors (Lipinski definition) is 1.